The van der Waals surface area contributed by atoms with Gasteiger partial charge in [0, 0.05) is 33.9 Å². The highest BCUT2D eigenvalue weighted by Crippen LogP contribution is 2.39. The van der Waals surface area contributed by atoms with E-state index in [9.17, 15) is 9.59 Å². The molecule has 3 N–H and O–H groups in total. The number of benzene rings is 3. The van der Waals surface area contributed by atoms with E-state index in [4.69, 9.17) is 26.0 Å². The molecule has 9 heteroatoms. The molecule has 1 aliphatic heterocycles. The summed E-state index contributed by atoms with van der Waals surface area (Å²) >= 11 is 6.20. The summed E-state index contributed by atoms with van der Waals surface area (Å²) in [6.07, 6.45) is 0.129. The predicted octanol–water partition coefficient (Wildman–Crippen LogP) is 6.52. The minimum atomic E-state index is -0.858. The fraction of sp³-hybridized carbons (Fsp3) is 0.148. The first-order valence-electron chi connectivity index (χ1n) is 11.3. The van der Waals surface area contributed by atoms with Crippen molar-refractivity contribution in [1.82, 2.24) is 5.16 Å². The normalized spacial score (nSPS) is 12.6. The Morgan fingerprint density at radius 3 is 2.78 bits per heavy atom. The number of carboxylic acids is 1. The van der Waals surface area contributed by atoms with Gasteiger partial charge in [0.25, 0.3) is 0 Å². The van der Waals surface area contributed by atoms with Crippen LogP contribution in [-0.2, 0) is 22.5 Å². The molecule has 1 amide bonds. The Kier molecular flexibility index (Phi) is 6.35. The second kappa shape index (κ2) is 9.75. The van der Waals surface area contributed by atoms with Crippen LogP contribution in [0.4, 0.5) is 16.2 Å². The van der Waals surface area contributed by atoms with Crippen molar-refractivity contribution in [3.63, 3.8) is 0 Å². The van der Waals surface area contributed by atoms with E-state index >= 15 is 0 Å². The van der Waals surface area contributed by atoms with E-state index in [0.29, 0.717) is 28.5 Å². The van der Waals surface area contributed by atoms with Gasteiger partial charge in [0.2, 0.25) is 0 Å². The van der Waals surface area contributed by atoms with Crippen LogP contribution in [0.2, 0.25) is 5.02 Å². The van der Waals surface area contributed by atoms with Gasteiger partial charge >= 0.3 is 12.1 Å². The number of carboxylic acid groups (broad SMARTS) is 1. The molecule has 0 aliphatic carbocycles. The van der Waals surface area contributed by atoms with E-state index in [1.165, 1.54) is 6.26 Å². The fourth-order valence-electron chi connectivity index (χ4n) is 4.31. The van der Waals surface area contributed by atoms with Gasteiger partial charge < -0.3 is 19.7 Å². The Balaban J connectivity index is 1.34. The number of nitrogens with one attached hydrogen (secondary N) is 2. The average molecular weight is 504 g/mol. The minimum absolute atomic E-state index is 0.0133. The second-order valence-corrected chi connectivity index (χ2v) is 8.85. The molecule has 4 aromatic rings. The van der Waals surface area contributed by atoms with E-state index < -0.39 is 18.2 Å². The number of aliphatic carboxylic acids is 1. The number of hydrogen-bond acceptors (Lipinski definition) is 6. The van der Waals surface area contributed by atoms with Crippen LogP contribution in [0, 0.1) is 0 Å². The van der Waals surface area contributed by atoms with E-state index in [1.807, 2.05) is 48.5 Å². The van der Waals surface area contributed by atoms with Gasteiger partial charge in [0.05, 0.1) is 6.42 Å². The van der Waals surface area contributed by atoms with Gasteiger partial charge in [-0.25, -0.2) is 4.79 Å². The summed E-state index contributed by atoms with van der Waals surface area (Å²) < 4.78 is 10.6. The third kappa shape index (κ3) is 4.76. The predicted molar refractivity (Wildman–Crippen MR) is 136 cm³/mol. The Morgan fingerprint density at radius 1 is 1.17 bits per heavy atom. The lowest BCUT2D eigenvalue weighted by Crippen LogP contribution is -2.16. The third-order valence-electron chi connectivity index (χ3n) is 6.01. The quantitative estimate of drug-likeness (QED) is 0.274. The highest BCUT2D eigenvalue weighted by Gasteiger charge is 2.21. The Bertz CT molecular complexity index is 1470. The topological polar surface area (TPSA) is 114 Å². The van der Waals surface area contributed by atoms with Crippen LogP contribution in [0.15, 0.2) is 71.4 Å². The first kappa shape index (κ1) is 23.4. The number of hydrogen-bond donors (Lipinski definition) is 3. The standard InChI is InChI=1S/C27H22ClN3O5/c1-15(19-4-2-3-5-22(19)28)36-27(34)30-24-14-35-31-26(24)17-7-9-21-20-8-6-16(11-25(32)33)10-18(20)13-29-23(21)12-17/h2-10,12,14-15,29H,11,13H2,1H3,(H,30,34)(H,32,33). The molecular weight excluding hydrogens is 482 g/mol. The van der Waals surface area contributed by atoms with E-state index in [2.05, 4.69) is 15.8 Å². The molecule has 36 heavy (non-hydrogen) atoms. The molecule has 5 rings (SSSR count). The Labute approximate surface area is 211 Å². The minimum Gasteiger partial charge on any atom is -0.481 e. The maximum Gasteiger partial charge on any atom is 0.412 e. The number of rotatable bonds is 6. The van der Waals surface area contributed by atoms with Crippen LogP contribution >= 0.6 is 11.6 Å². The molecule has 0 fully saturated rings. The summed E-state index contributed by atoms with van der Waals surface area (Å²) in [5.74, 6) is -0.858. The van der Waals surface area contributed by atoms with Crippen molar-refractivity contribution in [2.45, 2.75) is 26.0 Å². The van der Waals surface area contributed by atoms with Crippen molar-refractivity contribution in [3.05, 3.63) is 88.6 Å². The summed E-state index contributed by atoms with van der Waals surface area (Å²) in [7, 11) is 0. The number of carbonyl (C=O) groups excluding carboxylic acids is 1. The highest BCUT2D eigenvalue weighted by molar-refractivity contribution is 6.31. The molecule has 3 aromatic carbocycles. The smallest absolute Gasteiger partial charge is 0.412 e. The first-order valence-corrected chi connectivity index (χ1v) is 11.7. The Morgan fingerprint density at radius 2 is 1.97 bits per heavy atom. The van der Waals surface area contributed by atoms with Crippen molar-refractivity contribution in [2.24, 2.45) is 0 Å². The van der Waals surface area contributed by atoms with E-state index in [1.54, 1.807) is 19.1 Å². The van der Waals surface area contributed by atoms with Crippen LogP contribution in [-0.4, -0.2) is 22.3 Å². The fourth-order valence-corrected chi connectivity index (χ4v) is 4.60. The number of amides is 1. The zero-order valence-corrected chi connectivity index (χ0v) is 20.0. The summed E-state index contributed by atoms with van der Waals surface area (Å²) in [6.45, 7) is 2.31. The van der Waals surface area contributed by atoms with Crippen molar-refractivity contribution in [2.75, 3.05) is 10.6 Å². The summed E-state index contributed by atoms with van der Waals surface area (Å²) in [5.41, 5.74) is 7.02. The highest BCUT2D eigenvalue weighted by atomic mass is 35.5. The number of nitrogens with zero attached hydrogens (tertiary/aromatic N) is 1. The lowest BCUT2D eigenvalue weighted by Gasteiger charge is -2.23. The summed E-state index contributed by atoms with van der Waals surface area (Å²) in [5, 5.41) is 19.7. The summed E-state index contributed by atoms with van der Waals surface area (Å²) in [4.78, 5) is 23.6. The molecule has 0 saturated carbocycles. The van der Waals surface area contributed by atoms with Gasteiger partial charge in [-0.05, 0) is 35.7 Å². The van der Waals surface area contributed by atoms with Gasteiger partial charge in [-0.3, -0.25) is 10.1 Å². The molecule has 0 spiro atoms. The molecule has 182 valence electrons. The molecule has 8 nitrogen and oxygen atoms in total. The molecule has 1 atom stereocenters. The molecule has 0 saturated heterocycles. The number of aromatic nitrogens is 1. The van der Waals surface area contributed by atoms with Crippen molar-refractivity contribution in [1.29, 1.82) is 0 Å². The van der Waals surface area contributed by atoms with Gasteiger partial charge in [-0.2, -0.15) is 0 Å². The van der Waals surface area contributed by atoms with Gasteiger partial charge in [0.15, 0.2) is 0 Å². The maximum atomic E-state index is 12.6. The summed E-state index contributed by atoms with van der Waals surface area (Å²) in [6, 6.07) is 18.7. The van der Waals surface area contributed by atoms with Crippen LogP contribution in [0.3, 0.4) is 0 Å². The second-order valence-electron chi connectivity index (χ2n) is 8.45. The van der Waals surface area contributed by atoms with Gasteiger partial charge in [0.1, 0.15) is 23.7 Å². The number of carbonyl (C=O) groups is 2. The van der Waals surface area contributed by atoms with Crippen molar-refractivity contribution in [3.8, 4) is 22.4 Å². The molecule has 1 aromatic heterocycles. The molecule has 2 heterocycles. The lowest BCUT2D eigenvalue weighted by molar-refractivity contribution is -0.136. The molecular formula is C27H22ClN3O5. The largest absolute Gasteiger partial charge is 0.481 e. The van der Waals surface area contributed by atoms with Crippen LogP contribution in [0.5, 0.6) is 0 Å². The monoisotopic (exact) mass is 503 g/mol. The molecule has 0 radical (unpaired) electrons. The number of fused-ring (bicyclic) bond motifs is 3. The van der Waals surface area contributed by atoms with Crippen molar-refractivity contribution < 1.29 is 24.0 Å². The molecule has 1 unspecified atom stereocenters. The molecule has 0 bridgehead atoms. The zero-order chi connectivity index (χ0) is 25.2. The third-order valence-corrected chi connectivity index (χ3v) is 6.36. The number of halogens is 1. The van der Waals surface area contributed by atoms with E-state index in [-0.39, 0.29) is 6.42 Å². The van der Waals surface area contributed by atoms with Gasteiger partial charge in [-0.15, -0.1) is 0 Å². The lowest BCUT2D eigenvalue weighted by atomic mass is 9.91. The number of ether oxygens (including phenoxy) is 1. The molecule has 1 aliphatic rings. The average Bonchev–Trinajstić information content (AvgIpc) is 3.31. The van der Waals surface area contributed by atoms with Crippen LogP contribution < -0.4 is 10.6 Å². The number of anilines is 2. The zero-order valence-electron chi connectivity index (χ0n) is 19.2. The Hall–Kier alpha value is -4.30. The maximum absolute atomic E-state index is 12.6. The SMILES string of the molecule is CC(OC(=O)Nc1conc1-c1ccc2c(c1)NCc1cc(CC(=O)O)ccc1-2)c1ccccc1Cl. The van der Waals surface area contributed by atoms with Crippen LogP contribution in [0.25, 0.3) is 22.4 Å². The van der Waals surface area contributed by atoms with E-state index in [0.717, 1.165) is 33.5 Å². The van der Waals surface area contributed by atoms with Crippen LogP contribution in [0.1, 0.15) is 29.7 Å². The van der Waals surface area contributed by atoms with Crippen molar-refractivity contribution >= 4 is 35.0 Å². The van der Waals surface area contributed by atoms with Gasteiger partial charge in [-0.1, -0.05) is 65.3 Å². The first-order chi connectivity index (χ1) is 17.4.